The van der Waals surface area contributed by atoms with Crippen molar-refractivity contribution in [2.45, 2.75) is 37.0 Å². The Bertz CT molecular complexity index is 2100. The van der Waals surface area contributed by atoms with Gasteiger partial charge in [-0.3, -0.25) is 0 Å². The zero-order valence-electron chi connectivity index (χ0n) is 23.2. The van der Waals surface area contributed by atoms with E-state index in [1.165, 1.54) is 17.5 Å². The molecule has 3 aromatic heterocycles. The summed E-state index contributed by atoms with van der Waals surface area (Å²) >= 11 is 2.05. The van der Waals surface area contributed by atoms with Gasteiger partial charge in [-0.05, 0) is 67.1 Å². The highest BCUT2D eigenvalue weighted by atomic mass is 32.2. The maximum absolute atomic E-state index is 14.9. The van der Waals surface area contributed by atoms with Crippen LogP contribution in [-0.4, -0.2) is 34.3 Å². The molecular weight excluding hydrogens is 646 g/mol. The quantitative estimate of drug-likeness (QED) is 0.175. The topological polar surface area (TPSA) is 128 Å². The molecule has 2 aromatic carbocycles. The van der Waals surface area contributed by atoms with Crippen molar-refractivity contribution in [1.82, 2.24) is 14.8 Å². The number of alkyl halides is 2. The van der Waals surface area contributed by atoms with Crippen LogP contribution in [0.4, 0.5) is 13.2 Å². The summed E-state index contributed by atoms with van der Waals surface area (Å²) in [5, 5.41) is 21.3. The molecule has 6 rings (SSSR count). The summed E-state index contributed by atoms with van der Waals surface area (Å²) in [6.45, 7) is 0. The van der Waals surface area contributed by atoms with Crippen LogP contribution < -0.4 is 5.14 Å². The van der Waals surface area contributed by atoms with E-state index in [1.54, 1.807) is 28.9 Å². The number of nitrogens with two attached hydrogens (primary N) is 1. The molecule has 3 N–H and O–H groups in total. The number of halogens is 3. The molecule has 0 atom stereocenters. The van der Waals surface area contributed by atoms with Crippen LogP contribution in [0.3, 0.4) is 0 Å². The Morgan fingerprint density at radius 3 is 2.58 bits per heavy atom. The Hall–Kier alpha value is -4.29. The van der Waals surface area contributed by atoms with Gasteiger partial charge in [0.15, 0.2) is 5.69 Å². The van der Waals surface area contributed by atoms with Gasteiger partial charge in [-0.15, -0.1) is 22.7 Å². The minimum absolute atomic E-state index is 0.0619. The largest absolute Gasteiger partial charge is 0.476 e. The molecule has 1 saturated carbocycles. The van der Waals surface area contributed by atoms with Gasteiger partial charge in [0.2, 0.25) is 15.2 Å². The van der Waals surface area contributed by atoms with E-state index in [0.717, 1.165) is 58.9 Å². The van der Waals surface area contributed by atoms with Crippen LogP contribution in [0.25, 0.3) is 16.4 Å². The monoisotopic (exact) mass is 668 g/mol. The van der Waals surface area contributed by atoms with Gasteiger partial charge in [-0.1, -0.05) is 30.0 Å². The first kappa shape index (κ1) is 30.7. The number of hydrogen-bond donors (Lipinski definition) is 2. The molecule has 1 fully saturated rings. The molecule has 0 saturated heterocycles. The highest BCUT2D eigenvalue weighted by Crippen LogP contribution is 2.38. The Morgan fingerprint density at radius 2 is 1.93 bits per heavy atom. The first-order valence-electron chi connectivity index (χ1n) is 13.6. The van der Waals surface area contributed by atoms with E-state index in [0.29, 0.717) is 44.7 Å². The fourth-order valence-corrected chi connectivity index (χ4v) is 6.91. The number of aromatic carboxylic acids is 1. The molecule has 1 aliphatic rings. The highest BCUT2D eigenvalue weighted by Gasteiger charge is 2.29. The van der Waals surface area contributed by atoms with E-state index >= 15 is 0 Å². The van der Waals surface area contributed by atoms with E-state index < -0.39 is 33.1 Å². The lowest BCUT2D eigenvalue weighted by Crippen LogP contribution is -2.14. The number of aromatic nitrogens is 3. The van der Waals surface area contributed by atoms with Gasteiger partial charge in [-0.2, -0.15) is 5.10 Å². The minimum atomic E-state index is -4.26. The van der Waals surface area contributed by atoms with E-state index in [9.17, 15) is 31.5 Å². The number of sulfonamides is 1. The number of carboxylic acids is 1. The maximum atomic E-state index is 14.9. The molecule has 0 spiro atoms. The molecule has 5 aromatic rings. The van der Waals surface area contributed by atoms with E-state index in [-0.39, 0.29) is 17.0 Å². The van der Waals surface area contributed by atoms with Crippen molar-refractivity contribution in [3.63, 3.8) is 0 Å². The van der Waals surface area contributed by atoms with Gasteiger partial charge < -0.3 is 5.11 Å². The third-order valence-electron chi connectivity index (χ3n) is 7.15. The first-order chi connectivity index (χ1) is 21.5. The van der Waals surface area contributed by atoms with Gasteiger partial charge in [-0.25, -0.2) is 41.2 Å². The minimum Gasteiger partial charge on any atom is -0.476 e. The van der Waals surface area contributed by atoms with Crippen molar-refractivity contribution >= 4 is 38.7 Å². The Morgan fingerprint density at radius 1 is 1.13 bits per heavy atom. The van der Waals surface area contributed by atoms with Crippen LogP contribution >= 0.6 is 22.7 Å². The SMILES string of the molecule is NS(=O)(=O)c1ccc(Cc2c(-c3cccc(C#Cc4ccc(C(F)F)s4)c3)nn(-c3nc(C(=O)O)cs3)c2CC2CC2)cc1F. The van der Waals surface area contributed by atoms with Crippen molar-refractivity contribution in [3.05, 3.63) is 104 Å². The van der Waals surface area contributed by atoms with Crippen molar-refractivity contribution in [2.24, 2.45) is 11.1 Å². The third kappa shape index (κ3) is 6.86. The second-order valence-corrected chi connectivity index (χ2v) is 14.0. The van der Waals surface area contributed by atoms with Crippen molar-refractivity contribution < 1.29 is 31.5 Å². The predicted molar refractivity (Wildman–Crippen MR) is 164 cm³/mol. The van der Waals surface area contributed by atoms with Crippen LogP contribution in [-0.2, 0) is 22.9 Å². The van der Waals surface area contributed by atoms with E-state index in [4.69, 9.17) is 10.2 Å². The van der Waals surface area contributed by atoms with Crippen LogP contribution in [0.5, 0.6) is 0 Å². The molecule has 0 amide bonds. The van der Waals surface area contributed by atoms with Gasteiger partial charge in [0, 0.05) is 28.5 Å². The summed E-state index contributed by atoms with van der Waals surface area (Å²) in [6.07, 6.45) is 0.249. The Balaban J connectivity index is 1.47. The van der Waals surface area contributed by atoms with Crippen LogP contribution in [0.15, 0.2) is 64.9 Å². The normalized spacial score (nSPS) is 13.2. The number of thiazole rings is 1. The molecule has 0 radical (unpaired) electrons. The zero-order valence-corrected chi connectivity index (χ0v) is 25.7. The summed E-state index contributed by atoms with van der Waals surface area (Å²) in [6, 6.07) is 13.9. The van der Waals surface area contributed by atoms with Crippen molar-refractivity contribution in [3.8, 4) is 28.2 Å². The van der Waals surface area contributed by atoms with Gasteiger partial charge >= 0.3 is 5.97 Å². The lowest BCUT2D eigenvalue weighted by Gasteiger charge is -2.10. The molecular formula is C31H23F3N4O4S3. The van der Waals surface area contributed by atoms with E-state index in [1.807, 2.05) is 6.07 Å². The van der Waals surface area contributed by atoms with Gasteiger partial charge in [0.1, 0.15) is 10.7 Å². The number of rotatable bonds is 9. The lowest BCUT2D eigenvalue weighted by atomic mass is 9.96. The zero-order chi connectivity index (χ0) is 31.9. The van der Waals surface area contributed by atoms with Crippen LogP contribution in [0.1, 0.15) is 61.9 Å². The van der Waals surface area contributed by atoms with Crippen LogP contribution in [0.2, 0.25) is 0 Å². The number of thiophene rings is 1. The predicted octanol–water partition coefficient (Wildman–Crippen LogP) is 6.42. The number of nitrogens with zero attached hydrogens (tertiary/aromatic N) is 3. The second kappa shape index (κ2) is 12.2. The van der Waals surface area contributed by atoms with Crippen molar-refractivity contribution in [2.75, 3.05) is 0 Å². The maximum Gasteiger partial charge on any atom is 0.355 e. The highest BCUT2D eigenvalue weighted by molar-refractivity contribution is 7.89. The summed E-state index contributed by atoms with van der Waals surface area (Å²) < 4.78 is 66.1. The average molecular weight is 669 g/mol. The second-order valence-electron chi connectivity index (χ2n) is 10.5. The number of carboxylic acid groups (broad SMARTS) is 1. The number of benzene rings is 2. The molecule has 230 valence electrons. The average Bonchev–Trinajstić information content (AvgIpc) is 3.33. The molecule has 1 aliphatic carbocycles. The van der Waals surface area contributed by atoms with Crippen molar-refractivity contribution in [1.29, 1.82) is 0 Å². The van der Waals surface area contributed by atoms with Gasteiger partial charge in [0.25, 0.3) is 6.43 Å². The molecule has 3 heterocycles. The molecule has 0 bridgehead atoms. The summed E-state index contributed by atoms with van der Waals surface area (Å²) in [5.74, 6) is 4.19. The molecule has 0 aliphatic heterocycles. The first-order valence-corrected chi connectivity index (χ1v) is 16.8. The fraction of sp³-hybridized carbons (Fsp3) is 0.194. The summed E-state index contributed by atoms with van der Waals surface area (Å²) in [5.41, 5.74) is 3.69. The number of primary sulfonamides is 1. The molecule has 45 heavy (non-hydrogen) atoms. The van der Waals surface area contributed by atoms with Gasteiger partial charge in [0.05, 0.1) is 21.1 Å². The molecule has 14 heteroatoms. The molecule has 0 unspecified atom stereocenters. The summed E-state index contributed by atoms with van der Waals surface area (Å²) in [7, 11) is -4.26. The standard InChI is InChI=1S/C31H23F3N4O4S3/c32-23-14-19(7-11-27(23)45(35,41)42)13-22-25(15-18-4-5-18)38(31-36-24(16-43-31)30(39)40)37-28(22)20-3-1-2-17(12-20)6-8-21-9-10-26(44-21)29(33)34/h1-3,7,9-12,14,16,18,29H,4-5,13,15H2,(H,39,40)(H2,35,41,42). The number of hydrogen-bond acceptors (Lipinski definition) is 7. The summed E-state index contributed by atoms with van der Waals surface area (Å²) in [4.78, 5) is 15.7. The Kier molecular flexibility index (Phi) is 8.36. The Labute approximate surface area is 264 Å². The van der Waals surface area contributed by atoms with Crippen LogP contribution in [0, 0.1) is 23.6 Å². The fourth-order valence-electron chi connectivity index (χ4n) is 4.83. The van der Waals surface area contributed by atoms with E-state index in [2.05, 4.69) is 16.8 Å². The molecule has 8 nitrogen and oxygen atoms in total. The smallest absolute Gasteiger partial charge is 0.355 e. The lowest BCUT2D eigenvalue weighted by molar-refractivity contribution is 0.0691. The number of carbonyl (C=O) groups is 1. The third-order valence-corrected chi connectivity index (χ3v) is 9.92.